The van der Waals surface area contributed by atoms with Crippen LogP contribution in [0.3, 0.4) is 0 Å². The molecule has 0 amide bonds. The van der Waals surface area contributed by atoms with Gasteiger partial charge in [0.05, 0.1) is 6.04 Å². The molecular formula is C11H16N4O2S2. The average Bonchev–Trinajstić information content (AvgIpc) is 2.96. The van der Waals surface area contributed by atoms with E-state index in [1.165, 1.54) is 22.2 Å². The lowest BCUT2D eigenvalue weighted by molar-refractivity contribution is 0.553. The molecule has 0 saturated heterocycles. The van der Waals surface area contributed by atoms with Crippen molar-refractivity contribution in [2.45, 2.75) is 24.3 Å². The molecule has 2 rings (SSSR count). The fraction of sp³-hybridized carbons (Fsp3) is 0.364. The Morgan fingerprint density at radius 2 is 2.32 bits per heavy atom. The van der Waals surface area contributed by atoms with Gasteiger partial charge in [0.25, 0.3) is 0 Å². The third-order valence-electron chi connectivity index (χ3n) is 2.70. The molecule has 0 aliphatic carbocycles. The summed E-state index contributed by atoms with van der Waals surface area (Å²) < 4.78 is 28.6. The summed E-state index contributed by atoms with van der Waals surface area (Å²) in [6.45, 7) is 1.93. The first-order valence-corrected chi connectivity index (χ1v) is 8.15. The SMILES string of the molecule is CCC(NS(=O)(=O)c1cn(C)nc1N)c1cccs1. The van der Waals surface area contributed by atoms with Gasteiger partial charge >= 0.3 is 0 Å². The summed E-state index contributed by atoms with van der Waals surface area (Å²) in [5.41, 5.74) is 5.61. The van der Waals surface area contributed by atoms with Crippen molar-refractivity contribution >= 4 is 27.2 Å². The highest BCUT2D eigenvalue weighted by Gasteiger charge is 2.24. The lowest BCUT2D eigenvalue weighted by Gasteiger charge is -2.15. The van der Waals surface area contributed by atoms with E-state index in [-0.39, 0.29) is 16.8 Å². The molecule has 0 aromatic carbocycles. The van der Waals surface area contributed by atoms with Gasteiger partial charge in [0, 0.05) is 18.1 Å². The molecule has 2 aromatic heterocycles. The molecule has 8 heteroatoms. The van der Waals surface area contributed by atoms with E-state index in [2.05, 4.69) is 9.82 Å². The van der Waals surface area contributed by atoms with Gasteiger partial charge in [0.15, 0.2) is 5.82 Å². The van der Waals surface area contributed by atoms with E-state index in [0.717, 1.165) is 4.88 Å². The number of anilines is 1. The minimum absolute atomic E-state index is 0.0102. The van der Waals surface area contributed by atoms with E-state index in [9.17, 15) is 8.42 Å². The molecule has 1 unspecified atom stereocenters. The molecule has 0 spiro atoms. The van der Waals surface area contributed by atoms with Gasteiger partial charge < -0.3 is 5.73 Å². The Hall–Kier alpha value is -1.38. The number of hydrogen-bond donors (Lipinski definition) is 2. The summed E-state index contributed by atoms with van der Waals surface area (Å²) in [5.74, 6) is 0.0102. The standard InChI is InChI=1S/C11H16N4O2S2/c1-3-8(9-5-4-6-18-9)14-19(16,17)10-7-15(2)13-11(10)12/h4-8,14H,3H2,1-2H3,(H2,12,13). The number of aromatic nitrogens is 2. The molecule has 104 valence electrons. The second-order valence-corrected chi connectivity index (χ2v) is 6.81. The number of nitrogens with two attached hydrogens (primary N) is 1. The Balaban J connectivity index is 2.28. The van der Waals surface area contributed by atoms with Gasteiger partial charge in [-0.15, -0.1) is 11.3 Å². The molecular weight excluding hydrogens is 284 g/mol. The number of rotatable bonds is 5. The van der Waals surface area contributed by atoms with Crippen LogP contribution in [0.15, 0.2) is 28.6 Å². The maximum Gasteiger partial charge on any atom is 0.246 e. The third kappa shape index (κ3) is 2.96. The van der Waals surface area contributed by atoms with Crippen LogP contribution >= 0.6 is 11.3 Å². The van der Waals surface area contributed by atoms with E-state index in [1.54, 1.807) is 7.05 Å². The number of hydrogen-bond acceptors (Lipinski definition) is 5. The molecule has 2 aromatic rings. The summed E-state index contributed by atoms with van der Waals surface area (Å²) in [4.78, 5) is 0.999. The van der Waals surface area contributed by atoms with Gasteiger partial charge in [-0.05, 0) is 17.9 Å². The molecule has 3 N–H and O–H groups in total. The Morgan fingerprint density at radius 1 is 1.58 bits per heavy atom. The van der Waals surface area contributed by atoms with Crippen molar-refractivity contribution < 1.29 is 8.42 Å². The number of nitrogen functional groups attached to an aromatic ring is 1. The third-order valence-corrected chi connectivity index (χ3v) is 5.18. The number of sulfonamides is 1. The summed E-state index contributed by atoms with van der Waals surface area (Å²) in [5, 5.41) is 5.77. The quantitative estimate of drug-likeness (QED) is 0.875. The summed E-state index contributed by atoms with van der Waals surface area (Å²) in [6.07, 6.45) is 2.07. The van der Waals surface area contributed by atoms with E-state index < -0.39 is 10.0 Å². The number of nitrogens with zero attached hydrogens (tertiary/aromatic N) is 2. The van der Waals surface area contributed by atoms with Crippen LogP contribution in [0.1, 0.15) is 24.3 Å². The van der Waals surface area contributed by atoms with Crippen molar-refractivity contribution in [2.75, 3.05) is 5.73 Å². The van der Waals surface area contributed by atoms with Crippen molar-refractivity contribution in [3.63, 3.8) is 0 Å². The van der Waals surface area contributed by atoms with Crippen LogP contribution in [-0.2, 0) is 17.1 Å². The molecule has 2 heterocycles. The fourth-order valence-electron chi connectivity index (χ4n) is 1.77. The van der Waals surface area contributed by atoms with Crippen molar-refractivity contribution in [3.05, 3.63) is 28.6 Å². The van der Waals surface area contributed by atoms with Gasteiger partial charge in [-0.2, -0.15) is 5.10 Å². The van der Waals surface area contributed by atoms with Crippen LogP contribution in [0, 0.1) is 0 Å². The second-order valence-electron chi connectivity index (χ2n) is 4.15. The largest absolute Gasteiger partial charge is 0.381 e. The molecule has 0 radical (unpaired) electrons. The molecule has 0 saturated carbocycles. The van der Waals surface area contributed by atoms with Gasteiger partial charge in [-0.3, -0.25) is 4.68 Å². The molecule has 0 fully saturated rings. The lowest BCUT2D eigenvalue weighted by Crippen LogP contribution is -2.28. The summed E-state index contributed by atoms with van der Waals surface area (Å²) in [6, 6.07) is 3.56. The summed E-state index contributed by atoms with van der Waals surface area (Å²) >= 11 is 1.52. The monoisotopic (exact) mass is 300 g/mol. The van der Waals surface area contributed by atoms with E-state index in [0.29, 0.717) is 6.42 Å². The van der Waals surface area contributed by atoms with Crippen molar-refractivity contribution in [3.8, 4) is 0 Å². The Morgan fingerprint density at radius 3 is 2.79 bits per heavy atom. The topological polar surface area (TPSA) is 90.0 Å². The van der Waals surface area contributed by atoms with Crippen molar-refractivity contribution in [1.82, 2.24) is 14.5 Å². The minimum atomic E-state index is -3.66. The van der Waals surface area contributed by atoms with E-state index >= 15 is 0 Å². The normalized spacial score (nSPS) is 13.6. The maximum absolute atomic E-state index is 12.3. The molecule has 0 aliphatic heterocycles. The van der Waals surface area contributed by atoms with Crippen LogP contribution in [-0.4, -0.2) is 18.2 Å². The zero-order valence-corrected chi connectivity index (χ0v) is 12.3. The van der Waals surface area contributed by atoms with Crippen LogP contribution in [0.5, 0.6) is 0 Å². The second kappa shape index (κ2) is 5.32. The van der Waals surface area contributed by atoms with Gasteiger partial charge in [-0.1, -0.05) is 13.0 Å². The smallest absolute Gasteiger partial charge is 0.246 e. The van der Waals surface area contributed by atoms with Gasteiger partial charge in [-0.25, -0.2) is 13.1 Å². The van der Waals surface area contributed by atoms with E-state index in [4.69, 9.17) is 5.73 Å². The fourth-order valence-corrected chi connectivity index (χ4v) is 4.11. The lowest BCUT2D eigenvalue weighted by atomic mass is 10.2. The van der Waals surface area contributed by atoms with Crippen molar-refractivity contribution in [2.24, 2.45) is 7.05 Å². The Kier molecular flexibility index (Phi) is 3.93. The van der Waals surface area contributed by atoms with Crippen molar-refractivity contribution in [1.29, 1.82) is 0 Å². The number of aryl methyl sites for hydroxylation is 1. The van der Waals surface area contributed by atoms with Gasteiger partial charge in [0.2, 0.25) is 10.0 Å². The van der Waals surface area contributed by atoms with E-state index in [1.807, 2.05) is 24.4 Å². The molecule has 6 nitrogen and oxygen atoms in total. The zero-order valence-electron chi connectivity index (χ0n) is 10.7. The predicted octanol–water partition coefficient (Wildman–Crippen LogP) is 1.49. The molecule has 19 heavy (non-hydrogen) atoms. The van der Waals surface area contributed by atoms with Crippen LogP contribution < -0.4 is 10.5 Å². The number of thiophene rings is 1. The van der Waals surface area contributed by atoms with Crippen LogP contribution in [0.25, 0.3) is 0 Å². The number of nitrogens with one attached hydrogen (secondary N) is 1. The minimum Gasteiger partial charge on any atom is -0.381 e. The first kappa shape index (κ1) is 14.0. The highest BCUT2D eigenvalue weighted by molar-refractivity contribution is 7.89. The predicted molar refractivity (Wildman–Crippen MR) is 75.3 cm³/mol. The highest BCUT2D eigenvalue weighted by atomic mass is 32.2. The Bertz CT molecular complexity index is 646. The van der Waals surface area contributed by atoms with Crippen LogP contribution in [0.2, 0.25) is 0 Å². The van der Waals surface area contributed by atoms with Crippen LogP contribution in [0.4, 0.5) is 5.82 Å². The average molecular weight is 300 g/mol. The molecule has 0 bridgehead atoms. The first-order valence-electron chi connectivity index (χ1n) is 5.79. The maximum atomic E-state index is 12.3. The molecule has 0 aliphatic rings. The first-order chi connectivity index (χ1) is 8.94. The van der Waals surface area contributed by atoms with Gasteiger partial charge in [0.1, 0.15) is 4.90 Å². The summed E-state index contributed by atoms with van der Waals surface area (Å²) in [7, 11) is -2.03. The highest BCUT2D eigenvalue weighted by Crippen LogP contribution is 2.25. The molecule has 1 atom stereocenters. The zero-order chi connectivity index (χ0) is 14.0. The Labute approximate surface area is 116 Å².